The first kappa shape index (κ1) is 11.2. The van der Waals surface area contributed by atoms with Crippen LogP contribution in [0.15, 0.2) is 24.3 Å². The van der Waals surface area contributed by atoms with Crippen molar-refractivity contribution in [1.29, 1.82) is 0 Å². The molecule has 78 valence electrons. The molecular formula is C12H19NO. The molecule has 0 amide bonds. The average Bonchev–Trinajstić information content (AvgIpc) is 2.15. The van der Waals surface area contributed by atoms with E-state index in [9.17, 15) is 0 Å². The van der Waals surface area contributed by atoms with Gasteiger partial charge in [0.25, 0.3) is 0 Å². The lowest BCUT2D eigenvalue weighted by molar-refractivity contribution is 0.0982. The Kier molecular flexibility index (Phi) is 4.63. The van der Waals surface area contributed by atoms with Crippen LogP contribution >= 0.6 is 0 Å². The van der Waals surface area contributed by atoms with Crippen LogP contribution in [0.3, 0.4) is 0 Å². The van der Waals surface area contributed by atoms with Crippen molar-refractivity contribution in [3.63, 3.8) is 0 Å². The van der Waals surface area contributed by atoms with Crippen molar-refractivity contribution in [3.05, 3.63) is 35.4 Å². The number of hydrogen-bond acceptors (Lipinski definition) is 2. The number of benzene rings is 1. The van der Waals surface area contributed by atoms with Crippen LogP contribution in [-0.2, 0) is 11.3 Å². The van der Waals surface area contributed by atoms with Crippen LogP contribution in [0, 0.1) is 6.92 Å². The van der Waals surface area contributed by atoms with E-state index in [1.54, 1.807) is 0 Å². The average molecular weight is 193 g/mol. The largest absolute Gasteiger partial charge is 0.362 e. The molecule has 0 aliphatic rings. The van der Waals surface area contributed by atoms with E-state index in [1.165, 1.54) is 11.1 Å². The summed E-state index contributed by atoms with van der Waals surface area (Å²) in [5.74, 6) is 0. The van der Waals surface area contributed by atoms with E-state index in [0.29, 0.717) is 19.4 Å². The molecule has 0 fully saturated rings. The third-order valence-electron chi connectivity index (χ3n) is 1.98. The quantitative estimate of drug-likeness (QED) is 0.573. The highest BCUT2D eigenvalue weighted by molar-refractivity contribution is 5.20. The molecule has 1 N–H and O–H groups in total. The van der Waals surface area contributed by atoms with Crippen molar-refractivity contribution < 1.29 is 4.74 Å². The molecule has 0 aliphatic heterocycles. The summed E-state index contributed by atoms with van der Waals surface area (Å²) in [5, 5.41) is 3.20. The Morgan fingerprint density at radius 1 is 1.21 bits per heavy atom. The second-order valence-electron chi connectivity index (χ2n) is 3.84. The van der Waals surface area contributed by atoms with Gasteiger partial charge in [0, 0.05) is 6.04 Å². The highest BCUT2D eigenvalue weighted by Gasteiger charge is 1.94. The fourth-order valence-corrected chi connectivity index (χ4v) is 1.08. The SMILES string of the molecule is Cc1ccc(COCNC(C)C)cc1. The van der Waals surface area contributed by atoms with E-state index in [-0.39, 0.29) is 0 Å². The zero-order valence-corrected chi connectivity index (χ0v) is 9.21. The minimum atomic E-state index is 0.480. The summed E-state index contributed by atoms with van der Waals surface area (Å²) in [6.07, 6.45) is 0. The monoisotopic (exact) mass is 193 g/mol. The highest BCUT2D eigenvalue weighted by atomic mass is 16.5. The Hall–Kier alpha value is -0.860. The molecular weight excluding hydrogens is 174 g/mol. The Morgan fingerprint density at radius 3 is 2.43 bits per heavy atom. The van der Waals surface area contributed by atoms with Crippen LogP contribution in [-0.4, -0.2) is 12.8 Å². The maximum absolute atomic E-state index is 5.46. The summed E-state index contributed by atoms with van der Waals surface area (Å²) < 4.78 is 5.46. The van der Waals surface area contributed by atoms with Gasteiger partial charge in [-0.2, -0.15) is 0 Å². The molecule has 0 radical (unpaired) electrons. The van der Waals surface area contributed by atoms with E-state index >= 15 is 0 Å². The van der Waals surface area contributed by atoms with Crippen LogP contribution in [0.25, 0.3) is 0 Å². The third-order valence-corrected chi connectivity index (χ3v) is 1.98. The predicted octanol–water partition coefficient (Wildman–Crippen LogP) is 2.47. The molecule has 0 saturated heterocycles. The van der Waals surface area contributed by atoms with Gasteiger partial charge in [-0.15, -0.1) is 0 Å². The van der Waals surface area contributed by atoms with Crippen LogP contribution in [0.2, 0.25) is 0 Å². The van der Waals surface area contributed by atoms with Gasteiger partial charge in [-0.25, -0.2) is 0 Å². The molecule has 0 aromatic heterocycles. The summed E-state index contributed by atoms with van der Waals surface area (Å²) in [4.78, 5) is 0. The molecule has 0 heterocycles. The van der Waals surface area contributed by atoms with Crippen LogP contribution in [0.1, 0.15) is 25.0 Å². The minimum absolute atomic E-state index is 0.480. The van der Waals surface area contributed by atoms with Crippen molar-refractivity contribution in [2.24, 2.45) is 0 Å². The first-order valence-electron chi connectivity index (χ1n) is 5.05. The van der Waals surface area contributed by atoms with Gasteiger partial charge in [0.15, 0.2) is 0 Å². The Balaban J connectivity index is 2.21. The molecule has 14 heavy (non-hydrogen) atoms. The number of aryl methyl sites for hydroxylation is 1. The summed E-state index contributed by atoms with van der Waals surface area (Å²) in [6, 6.07) is 8.89. The summed E-state index contributed by atoms with van der Waals surface area (Å²) in [6.45, 7) is 7.60. The van der Waals surface area contributed by atoms with Gasteiger partial charge in [0.05, 0.1) is 13.3 Å². The number of ether oxygens (including phenoxy) is 1. The van der Waals surface area contributed by atoms with Crippen molar-refractivity contribution in [1.82, 2.24) is 5.32 Å². The number of nitrogens with one attached hydrogen (secondary N) is 1. The van der Waals surface area contributed by atoms with Crippen LogP contribution in [0.4, 0.5) is 0 Å². The maximum Gasteiger partial charge on any atom is 0.0971 e. The molecule has 0 saturated carbocycles. The van der Waals surface area contributed by atoms with Crippen LogP contribution < -0.4 is 5.32 Å². The highest BCUT2D eigenvalue weighted by Crippen LogP contribution is 2.03. The van der Waals surface area contributed by atoms with Gasteiger partial charge >= 0.3 is 0 Å². The van der Waals surface area contributed by atoms with Gasteiger partial charge in [0.2, 0.25) is 0 Å². The molecule has 1 aromatic rings. The van der Waals surface area contributed by atoms with E-state index in [2.05, 4.69) is 50.4 Å². The van der Waals surface area contributed by atoms with E-state index in [0.717, 1.165) is 0 Å². The first-order chi connectivity index (χ1) is 6.68. The number of rotatable bonds is 5. The smallest absolute Gasteiger partial charge is 0.0971 e. The Labute approximate surface area is 86.3 Å². The normalized spacial score (nSPS) is 10.9. The lowest BCUT2D eigenvalue weighted by atomic mass is 10.2. The molecule has 0 atom stereocenters. The van der Waals surface area contributed by atoms with Gasteiger partial charge < -0.3 is 4.74 Å². The Morgan fingerprint density at radius 2 is 1.86 bits per heavy atom. The van der Waals surface area contributed by atoms with Crippen molar-refractivity contribution in [2.75, 3.05) is 6.73 Å². The molecule has 0 aliphatic carbocycles. The minimum Gasteiger partial charge on any atom is -0.362 e. The second-order valence-corrected chi connectivity index (χ2v) is 3.84. The molecule has 0 spiro atoms. The fourth-order valence-electron chi connectivity index (χ4n) is 1.08. The maximum atomic E-state index is 5.46. The van der Waals surface area contributed by atoms with Crippen molar-refractivity contribution in [3.8, 4) is 0 Å². The summed E-state index contributed by atoms with van der Waals surface area (Å²) in [5.41, 5.74) is 2.51. The zero-order chi connectivity index (χ0) is 10.4. The summed E-state index contributed by atoms with van der Waals surface area (Å²) >= 11 is 0. The van der Waals surface area contributed by atoms with Gasteiger partial charge in [-0.3, -0.25) is 5.32 Å². The summed E-state index contributed by atoms with van der Waals surface area (Å²) in [7, 11) is 0. The van der Waals surface area contributed by atoms with Crippen molar-refractivity contribution >= 4 is 0 Å². The lowest BCUT2D eigenvalue weighted by Crippen LogP contribution is -2.25. The fraction of sp³-hybridized carbons (Fsp3) is 0.500. The second kappa shape index (κ2) is 5.78. The topological polar surface area (TPSA) is 21.3 Å². The van der Waals surface area contributed by atoms with Gasteiger partial charge in [0.1, 0.15) is 0 Å². The third kappa shape index (κ3) is 4.40. The zero-order valence-electron chi connectivity index (χ0n) is 9.21. The lowest BCUT2D eigenvalue weighted by Gasteiger charge is -2.08. The Bertz CT molecular complexity index is 254. The van der Waals surface area contributed by atoms with E-state index < -0.39 is 0 Å². The van der Waals surface area contributed by atoms with E-state index in [1.807, 2.05) is 0 Å². The molecule has 1 aromatic carbocycles. The standard InChI is InChI=1S/C12H19NO/c1-10(2)13-9-14-8-12-6-4-11(3)5-7-12/h4-7,10,13H,8-9H2,1-3H3. The molecule has 2 nitrogen and oxygen atoms in total. The molecule has 2 heteroatoms. The molecule has 0 bridgehead atoms. The van der Waals surface area contributed by atoms with Crippen LogP contribution in [0.5, 0.6) is 0 Å². The predicted molar refractivity (Wildman–Crippen MR) is 59.1 cm³/mol. The van der Waals surface area contributed by atoms with Gasteiger partial charge in [-0.05, 0) is 26.3 Å². The number of hydrogen-bond donors (Lipinski definition) is 1. The van der Waals surface area contributed by atoms with Gasteiger partial charge in [-0.1, -0.05) is 29.8 Å². The van der Waals surface area contributed by atoms with E-state index in [4.69, 9.17) is 4.74 Å². The first-order valence-corrected chi connectivity index (χ1v) is 5.05. The molecule has 1 rings (SSSR count). The van der Waals surface area contributed by atoms with Crippen molar-refractivity contribution in [2.45, 2.75) is 33.4 Å². The molecule has 0 unspecified atom stereocenters.